The summed E-state index contributed by atoms with van der Waals surface area (Å²) in [6.45, 7) is 8.32. The maximum Gasteiger partial charge on any atom is 0.305 e. The van der Waals surface area contributed by atoms with E-state index in [1.165, 1.54) is 37.6 Å². The van der Waals surface area contributed by atoms with Gasteiger partial charge in [0.15, 0.2) is 13.2 Å². The summed E-state index contributed by atoms with van der Waals surface area (Å²) < 4.78 is 26.7. The van der Waals surface area contributed by atoms with E-state index in [1.54, 1.807) is 89.4 Å². The number of methoxy groups -OCH3 is 1. The smallest absolute Gasteiger partial charge is 0.305 e. The first-order valence-corrected chi connectivity index (χ1v) is 17.3. The van der Waals surface area contributed by atoms with E-state index >= 15 is 0 Å². The van der Waals surface area contributed by atoms with E-state index in [2.05, 4.69) is 15.6 Å². The van der Waals surface area contributed by atoms with Gasteiger partial charge in [0, 0.05) is 39.6 Å². The fraction of sp³-hybridized carbons (Fsp3) is 0.462. The van der Waals surface area contributed by atoms with Crippen LogP contribution < -0.4 is 10.6 Å². The minimum Gasteiger partial charge on any atom is -0.463 e. The molecule has 4 atom stereocenters. The number of likely N-dealkylation sites (N-methyl/N-ethyl adjacent to an activating group) is 1. The van der Waals surface area contributed by atoms with Gasteiger partial charge in [-0.2, -0.15) is 0 Å². The van der Waals surface area contributed by atoms with Gasteiger partial charge in [0.1, 0.15) is 19.0 Å². The minimum atomic E-state index is -1.77. The average Bonchev–Trinajstić information content (AvgIpc) is 3.85. The highest BCUT2D eigenvalue weighted by atomic mass is 16.7. The normalized spacial score (nSPS) is 18.8. The van der Waals surface area contributed by atoms with Crippen LogP contribution in [0.15, 0.2) is 102 Å². The van der Waals surface area contributed by atoms with Crippen molar-refractivity contribution >= 4 is 23.7 Å². The van der Waals surface area contributed by atoms with Crippen LogP contribution in [-0.2, 0) is 44.5 Å². The number of carbonyl (C=O) groups is 4. The second-order valence-electron chi connectivity index (χ2n) is 12.7. The summed E-state index contributed by atoms with van der Waals surface area (Å²) >= 11 is 0. The number of carbonyl (C=O) groups excluding carboxylic acids is 4. The summed E-state index contributed by atoms with van der Waals surface area (Å²) in [5.41, 5.74) is -2.17. The molecule has 0 bridgehead atoms. The van der Waals surface area contributed by atoms with Crippen LogP contribution in [0, 0.1) is 5.41 Å². The largest absolute Gasteiger partial charge is 0.463 e. The van der Waals surface area contributed by atoms with Gasteiger partial charge in [0.25, 0.3) is 5.91 Å². The summed E-state index contributed by atoms with van der Waals surface area (Å²) in [6.07, 6.45) is 24.6. The molecule has 3 N–H and O–H groups in total. The van der Waals surface area contributed by atoms with Crippen molar-refractivity contribution in [3.63, 3.8) is 0 Å². The Morgan fingerprint density at radius 3 is 2.40 bits per heavy atom. The predicted octanol–water partition coefficient (Wildman–Crippen LogP) is 3.64. The lowest BCUT2D eigenvalue weighted by Crippen LogP contribution is -2.63. The third-order valence-corrected chi connectivity index (χ3v) is 8.34. The second-order valence-corrected chi connectivity index (χ2v) is 12.7. The fourth-order valence-corrected chi connectivity index (χ4v) is 4.88. The van der Waals surface area contributed by atoms with Crippen molar-refractivity contribution in [3.05, 3.63) is 103 Å². The van der Waals surface area contributed by atoms with Gasteiger partial charge in [0.05, 0.1) is 29.9 Å². The quantitative estimate of drug-likeness (QED) is 0.0953. The lowest BCUT2D eigenvalue weighted by Gasteiger charge is -2.37. The zero-order valence-corrected chi connectivity index (χ0v) is 31.7. The Hall–Kier alpha value is -4.89. The first-order valence-electron chi connectivity index (χ1n) is 17.3. The highest BCUT2D eigenvalue weighted by molar-refractivity contribution is 5.95. The van der Waals surface area contributed by atoms with Gasteiger partial charge in [-0.15, -0.1) is 0 Å². The number of ether oxygens (including phenoxy) is 4. The molecule has 14 heteroatoms. The second kappa shape index (κ2) is 22.9. The number of aliphatic hydroxyl groups excluding tert-OH is 1. The van der Waals surface area contributed by atoms with Crippen LogP contribution in [0.3, 0.4) is 0 Å². The van der Waals surface area contributed by atoms with E-state index in [1.807, 2.05) is 18.2 Å². The molecule has 1 aromatic rings. The van der Waals surface area contributed by atoms with E-state index in [0.29, 0.717) is 12.0 Å². The predicted molar refractivity (Wildman–Crippen MR) is 199 cm³/mol. The summed E-state index contributed by atoms with van der Waals surface area (Å²) in [4.78, 5) is 56.1. The molecule has 3 amide bonds. The van der Waals surface area contributed by atoms with Gasteiger partial charge in [-0.25, -0.2) is 4.98 Å². The van der Waals surface area contributed by atoms with Crippen LogP contribution in [-0.4, -0.2) is 103 Å². The number of hydrogen-bond acceptors (Lipinski definition) is 11. The summed E-state index contributed by atoms with van der Waals surface area (Å²) in [6, 6.07) is -0.646. The third-order valence-electron chi connectivity index (χ3n) is 8.34. The molecular formula is C39H54N4O10. The van der Waals surface area contributed by atoms with Crippen LogP contribution in [0.25, 0.3) is 0 Å². The molecule has 290 valence electrons. The molecule has 2 heterocycles. The molecule has 0 saturated carbocycles. The molecule has 1 aliphatic heterocycles. The number of nitrogens with one attached hydrogen (secondary N) is 2. The Kier molecular flexibility index (Phi) is 19.1. The van der Waals surface area contributed by atoms with Crippen molar-refractivity contribution in [3.8, 4) is 0 Å². The van der Waals surface area contributed by atoms with E-state index in [0.717, 1.165) is 5.76 Å². The first kappa shape index (κ1) is 44.3. The van der Waals surface area contributed by atoms with Crippen molar-refractivity contribution in [2.75, 3.05) is 40.7 Å². The lowest BCUT2D eigenvalue weighted by molar-refractivity contribution is -0.165. The number of oxazole rings is 1. The van der Waals surface area contributed by atoms with Crippen molar-refractivity contribution in [1.82, 2.24) is 20.5 Å². The van der Waals surface area contributed by atoms with Gasteiger partial charge in [-0.1, -0.05) is 79.8 Å². The summed E-state index contributed by atoms with van der Waals surface area (Å²) in [7, 11) is 2.99. The minimum absolute atomic E-state index is 0.0954. The fourth-order valence-electron chi connectivity index (χ4n) is 4.88. The Labute approximate surface area is 312 Å². The standard InChI is InChI=1S/C39H54N4O10/c1-8-34(45)51-25-32(30(3)49-7)43(6)37(48)39(26-50-28-53-39)42-33(44)22-18-12-10-9-11-15-19-23-41-36(47)38(4,5)35(46)29(2)20-16-13-14-17-21-31-24-40-27-52-31/h9-20,22,24,27,30,32,35,46H,8,21,23,25-26,28H2,1-7H3,(H,41,47)(H,42,44). The summed E-state index contributed by atoms with van der Waals surface area (Å²) in [5.74, 6) is -1.11. The zero-order chi connectivity index (χ0) is 39.3. The summed E-state index contributed by atoms with van der Waals surface area (Å²) in [5, 5.41) is 16.2. The molecule has 0 aromatic carbocycles. The number of amides is 3. The SMILES string of the molecule is CCC(=O)OCC(C(C)OC)N(C)C(=O)C1(NC(=O)C=CC=CC=CC=CCNC(=O)C(C)(C)C(O)C(C)=CC=CC=CCc2cnco2)COCO1. The number of aromatic nitrogens is 1. The highest BCUT2D eigenvalue weighted by Gasteiger charge is 2.48. The molecule has 0 aliphatic carbocycles. The molecule has 1 aliphatic rings. The van der Waals surface area contributed by atoms with Gasteiger partial charge in [-0.05, 0) is 33.3 Å². The maximum atomic E-state index is 13.5. The molecule has 0 radical (unpaired) electrons. The van der Waals surface area contributed by atoms with Gasteiger partial charge in [0.2, 0.25) is 17.5 Å². The Morgan fingerprint density at radius 1 is 1.08 bits per heavy atom. The molecular weight excluding hydrogens is 684 g/mol. The highest BCUT2D eigenvalue weighted by Crippen LogP contribution is 2.26. The molecule has 14 nitrogen and oxygen atoms in total. The molecule has 2 rings (SSSR count). The van der Waals surface area contributed by atoms with Crippen molar-refractivity contribution in [1.29, 1.82) is 0 Å². The number of rotatable bonds is 21. The molecule has 0 spiro atoms. The average molecular weight is 739 g/mol. The Morgan fingerprint density at radius 2 is 1.75 bits per heavy atom. The van der Waals surface area contributed by atoms with Crippen molar-refractivity contribution < 1.29 is 47.6 Å². The van der Waals surface area contributed by atoms with Crippen LogP contribution in [0.1, 0.15) is 46.8 Å². The van der Waals surface area contributed by atoms with E-state index in [9.17, 15) is 24.3 Å². The molecule has 1 aromatic heterocycles. The number of aliphatic hydroxyl groups is 1. The van der Waals surface area contributed by atoms with E-state index in [-0.39, 0.29) is 38.9 Å². The monoisotopic (exact) mass is 738 g/mol. The van der Waals surface area contributed by atoms with Crippen LogP contribution in [0.5, 0.6) is 0 Å². The van der Waals surface area contributed by atoms with Gasteiger partial charge >= 0.3 is 5.97 Å². The van der Waals surface area contributed by atoms with Gasteiger partial charge < -0.3 is 44.0 Å². The molecule has 1 fully saturated rings. The lowest BCUT2D eigenvalue weighted by atomic mass is 9.81. The number of esters is 1. The topological polar surface area (TPSA) is 179 Å². The Bertz CT molecular complexity index is 1530. The molecule has 1 saturated heterocycles. The first-order chi connectivity index (χ1) is 25.3. The van der Waals surface area contributed by atoms with E-state index < -0.39 is 47.2 Å². The van der Waals surface area contributed by atoms with E-state index in [4.69, 9.17) is 23.4 Å². The number of nitrogens with zero attached hydrogens (tertiary/aromatic N) is 2. The molecule has 4 unspecified atom stereocenters. The van der Waals surface area contributed by atoms with Crippen LogP contribution in [0.2, 0.25) is 0 Å². The number of allylic oxidation sites excluding steroid dienone is 11. The van der Waals surface area contributed by atoms with Crippen LogP contribution in [0.4, 0.5) is 0 Å². The molecule has 53 heavy (non-hydrogen) atoms. The maximum absolute atomic E-state index is 13.5. The van der Waals surface area contributed by atoms with Crippen molar-refractivity contribution in [2.24, 2.45) is 5.41 Å². The third kappa shape index (κ3) is 14.6. The van der Waals surface area contributed by atoms with Crippen LogP contribution >= 0.6 is 0 Å². The van der Waals surface area contributed by atoms with Crippen molar-refractivity contribution in [2.45, 2.75) is 71.4 Å². The number of hydrogen-bond donors (Lipinski definition) is 3. The van der Waals surface area contributed by atoms with Gasteiger partial charge in [-0.3, -0.25) is 19.2 Å². The zero-order valence-electron chi connectivity index (χ0n) is 31.7. The Balaban J connectivity index is 1.82.